The van der Waals surface area contributed by atoms with Crippen molar-refractivity contribution in [1.29, 1.82) is 0 Å². The van der Waals surface area contributed by atoms with Crippen LogP contribution >= 0.6 is 0 Å². The third-order valence-corrected chi connectivity index (χ3v) is 2.30. The minimum Gasteiger partial charge on any atom is -0.469 e. The third-order valence-electron chi connectivity index (χ3n) is 2.30. The standard InChI is InChI=1S/C13H27N3O2/c1-13(2,3)16-12(14)15-10-8-6-5-7-9-11(17)18-4/h5-10H2,1-4H3,(H3,14,15,16). The Morgan fingerprint density at radius 1 is 1.22 bits per heavy atom. The quantitative estimate of drug-likeness (QED) is 0.316. The molecule has 0 heterocycles. The lowest BCUT2D eigenvalue weighted by molar-refractivity contribution is -0.140. The van der Waals surface area contributed by atoms with Gasteiger partial charge >= 0.3 is 5.97 Å². The molecule has 0 aliphatic carbocycles. The fourth-order valence-electron chi connectivity index (χ4n) is 1.46. The van der Waals surface area contributed by atoms with E-state index in [0.717, 1.165) is 32.2 Å². The van der Waals surface area contributed by atoms with Gasteiger partial charge in [0.05, 0.1) is 7.11 Å². The van der Waals surface area contributed by atoms with E-state index in [1.54, 1.807) is 0 Å². The van der Waals surface area contributed by atoms with Crippen LogP contribution in [0.25, 0.3) is 0 Å². The molecular weight excluding hydrogens is 230 g/mol. The van der Waals surface area contributed by atoms with Crippen LogP contribution in [-0.4, -0.2) is 31.1 Å². The number of nitrogens with zero attached hydrogens (tertiary/aromatic N) is 1. The van der Waals surface area contributed by atoms with Crippen molar-refractivity contribution in [3.05, 3.63) is 0 Å². The van der Waals surface area contributed by atoms with Gasteiger partial charge in [-0.3, -0.25) is 9.79 Å². The van der Waals surface area contributed by atoms with E-state index >= 15 is 0 Å². The second kappa shape index (κ2) is 8.78. The fraction of sp³-hybridized carbons (Fsp3) is 0.846. The van der Waals surface area contributed by atoms with Crippen LogP contribution in [0.2, 0.25) is 0 Å². The van der Waals surface area contributed by atoms with Crippen molar-refractivity contribution < 1.29 is 9.53 Å². The first-order valence-corrected chi connectivity index (χ1v) is 6.50. The zero-order valence-corrected chi connectivity index (χ0v) is 12.1. The van der Waals surface area contributed by atoms with Crippen LogP contribution in [0.15, 0.2) is 4.99 Å². The molecule has 0 amide bonds. The molecule has 0 aromatic heterocycles. The number of methoxy groups -OCH3 is 1. The number of carbonyl (C=O) groups excluding carboxylic acids is 1. The Labute approximate surface area is 110 Å². The number of hydrogen-bond acceptors (Lipinski definition) is 3. The second-order valence-electron chi connectivity index (χ2n) is 5.38. The van der Waals surface area contributed by atoms with Gasteiger partial charge < -0.3 is 15.8 Å². The molecule has 0 saturated heterocycles. The van der Waals surface area contributed by atoms with Crippen molar-refractivity contribution in [3.8, 4) is 0 Å². The first-order valence-electron chi connectivity index (χ1n) is 6.50. The van der Waals surface area contributed by atoms with E-state index in [4.69, 9.17) is 5.73 Å². The molecule has 0 unspecified atom stereocenters. The molecule has 5 heteroatoms. The van der Waals surface area contributed by atoms with Gasteiger partial charge in [0.2, 0.25) is 0 Å². The Bertz CT molecular complexity index is 270. The number of unbranched alkanes of at least 4 members (excludes halogenated alkanes) is 3. The van der Waals surface area contributed by atoms with E-state index < -0.39 is 0 Å². The number of hydrogen-bond donors (Lipinski definition) is 2. The average Bonchev–Trinajstić information content (AvgIpc) is 2.25. The summed E-state index contributed by atoms with van der Waals surface area (Å²) in [6.45, 7) is 6.86. The lowest BCUT2D eigenvalue weighted by atomic mass is 10.1. The molecule has 0 aromatic rings. The van der Waals surface area contributed by atoms with E-state index in [0.29, 0.717) is 12.4 Å². The summed E-state index contributed by atoms with van der Waals surface area (Å²) in [5, 5.41) is 3.11. The zero-order chi connectivity index (χ0) is 14.0. The normalized spacial score (nSPS) is 12.3. The topological polar surface area (TPSA) is 76.7 Å². The van der Waals surface area contributed by atoms with Gasteiger partial charge in [-0.05, 0) is 33.6 Å². The van der Waals surface area contributed by atoms with Crippen molar-refractivity contribution in [2.24, 2.45) is 10.7 Å². The van der Waals surface area contributed by atoms with Gasteiger partial charge in [0.25, 0.3) is 0 Å². The van der Waals surface area contributed by atoms with E-state index in [9.17, 15) is 4.79 Å². The number of nitrogens with one attached hydrogen (secondary N) is 1. The molecule has 0 bridgehead atoms. The summed E-state index contributed by atoms with van der Waals surface area (Å²) in [5.41, 5.74) is 5.69. The average molecular weight is 257 g/mol. The smallest absolute Gasteiger partial charge is 0.305 e. The maximum absolute atomic E-state index is 10.9. The monoisotopic (exact) mass is 257 g/mol. The molecule has 0 aliphatic rings. The van der Waals surface area contributed by atoms with Gasteiger partial charge in [-0.2, -0.15) is 0 Å². The maximum Gasteiger partial charge on any atom is 0.305 e. The molecule has 0 radical (unpaired) electrons. The van der Waals surface area contributed by atoms with Gasteiger partial charge in [0, 0.05) is 18.5 Å². The number of aliphatic imine (C=N–C) groups is 1. The highest BCUT2D eigenvalue weighted by Gasteiger charge is 2.09. The number of rotatable bonds is 7. The van der Waals surface area contributed by atoms with Gasteiger partial charge in [0.15, 0.2) is 5.96 Å². The second-order valence-corrected chi connectivity index (χ2v) is 5.38. The fourth-order valence-corrected chi connectivity index (χ4v) is 1.46. The van der Waals surface area contributed by atoms with Crippen LogP contribution in [0.3, 0.4) is 0 Å². The number of ether oxygens (including phenoxy) is 1. The zero-order valence-electron chi connectivity index (χ0n) is 12.1. The maximum atomic E-state index is 10.9. The highest BCUT2D eigenvalue weighted by Crippen LogP contribution is 2.04. The molecule has 5 nitrogen and oxygen atoms in total. The molecule has 0 spiro atoms. The number of carbonyl (C=O) groups is 1. The lowest BCUT2D eigenvalue weighted by Gasteiger charge is -2.20. The summed E-state index contributed by atoms with van der Waals surface area (Å²) in [4.78, 5) is 15.1. The van der Waals surface area contributed by atoms with E-state index in [1.165, 1.54) is 7.11 Å². The Morgan fingerprint density at radius 3 is 2.39 bits per heavy atom. The van der Waals surface area contributed by atoms with Crippen LogP contribution in [-0.2, 0) is 9.53 Å². The first-order chi connectivity index (χ1) is 8.35. The molecule has 3 N–H and O–H groups in total. The summed E-state index contributed by atoms with van der Waals surface area (Å²) in [5.74, 6) is 0.365. The van der Waals surface area contributed by atoms with Gasteiger partial charge in [-0.25, -0.2) is 0 Å². The highest BCUT2D eigenvalue weighted by atomic mass is 16.5. The molecule has 0 aliphatic heterocycles. The lowest BCUT2D eigenvalue weighted by Crippen LogP contribution is -2.45. The van der Waals surface area contributed by atoms with Crippen LogP contribution in [0.1, 0.15) is 52.9 Å². The van der Waals surface area contributed by atoms with Gasteiger partial charge in [-0.15, -0.1) is 0 Å². The minimum absolute atomic E-state index is 0.0475. The highest BCUT2D eigenvalue weighted by molar-refractivity contribution is 5.78. The van der Waals surface area contributed by atoms with Crippen LogP contribution in [0.5, 0.6) is 0 Å². The van der Waals surface area contributed by atoms with Crippen molar-refractivity contribution in [2.75, 3.05) is 13.7 Å². The largest absolute Gasteiger partial charge is 0.469 e. The van der Waals surface area contributed by atoms with Crippen molar-refractivity contribution in [2.45, 2.75) is 58.4 Å². The summed E-state index contributed by atoms with van der Waals surface area (Å²) in [6, 6.07) is 0. The summed E-state index contributed by atoms with van der Waals surface area (Å²) in [7, 11) is 1.42. The Kier molecular flexibility index (Phi) is 8.16. The summed E-state index contributed by atoms with van der Waals surface area (Å²) in [6.07, 6.45) is 4.47. The molecule has 0 saturated carbocycles. The number of esters is 1. The van der Waals surface area contributed by atoms with Crippen molar-refractivity contribution in [3.63, 3.8) is 0 Å². The minimum atomic E-state index is -0.133. The van der Waals surface area contributed by atoms with E-state index in [2.05, 4.69) is 15.0 Å². The van der Waals surface area contributed by atoms with E-state index in [-0.39, 0.29) is 11.5 Å². The predicted octanol–water partition coefficient (Wildman–Crippen LogP) is 1.81. The van der Waals surface area contributed by atoms with Crippen molar-refractivity contribution in [1.82, 2.24) is 5.32 Å². The Morgan fingerprint density at radius 2 is 1.83 bits per heavy atom. The molecule has 0 aromatic carbocycles. The predicted molar refractivity (Wildman–Crippen MR) is 74.5 cm³/mol. The Balaban J connectivity index is 3.50. The molecule has 0 fully saturated rings. The summed E-state index contributed by atoms with van der Waals surface area (Å²) >= 11 is 0. The number of guanidine groups is 1. The molecule has 0 rings (SSSR count). The van der Waals surface area contributed by atoms with Crippen LogP contribution in [0, 0.1) is 0 Å². The Hall–Kier alpha value is -1.26. The summed E-state index contributed by atoms with van der Waals surface area (Å²) < 4.78 is 4.57. The van der Waals surface area contributed by atoms with Gasteiger partial charge in [0.1, 0.15) is 0 Å². The number of nitrogens with two attached hydrogens (primary N) is 1. The van der Waals surface area contributed by atoms with Crippen LogP contribution < -0.4 is 11.1 Å². The molecule has 0 atom stereocenters. The van der Waals surface area contributed by atoms with Gasteiger partial charge in [-0.1, -0.05) is 12.8 Å². The van der Waals surface area contributed by atoms with Crippen LogP contribution in [0.4, 0.5) is 0 Å². The molecule has 106 valence electrons. The van der Waals surface area contributed by atoms with Crippen molar-refractivity contribution >= 4 is 11.9 Å². The first kappa shape index (κ1) is 16.7. The molecular formula is C13H27N3O2. The van der Waals surface area contributed by atoms with E-state index in [1.807, 2.05) is 20.8 Å². The third kappa shape index (κ3) is 11.2. The molecule has 18 heavy (non-hydrogen) atoms. The SMILES string of the molecule is COC(=O)CCCCCCN=C(N)NC(C)(C)C.